The highest BCUT2D eigenvalue weighted by Gasteiger charge is 2.25. The number of aliphatic hydroxyl groups excluding tert-OH is 1. The predicted octanol–water partition coefficient (Wildman–Crippen LogP) is 1.58. The summed E-state index contributed by atoms with van der Waals surface area (Å²) in [6.07, 6.45) is -0.151. The van der Waals surface area contributed by atoms with Crippen molar-refractivity contribution in [2.75, 3.05) is 24.7 Å². The first-order valence-corrected chi connectivity index (χ1v) is 9.76. The van der Waals surface area contributed by atoms with Gasteiger partial charge in [0.25, 0.3) is 0 Å². The standard InChI is InChI=1S/C16H23NO6S/c18-15(6-7-17-16(19)20)13-4-1-5-14(9-13)23-10-12-3-2-8-24(21,22)11-12/h1,4-5,9,12,15,17-18H,2-3,6-8,10-11H2,(H,19,20)/t12?,15-/m1/s1. The van der Waals surface area contributed by atoms with Gasteiger partial charge in [0.15, 0.2) is 9.84 Å². The van der Waals surface area contributed by atoms with Crippen LogP contribution in [0.15, 0.2) is 24.3 Å². The highest BCUT2D eigenvalue weighted by Crippen LogP contribution is 2.23. The van der Waals surface area contributed by atoms with E-state index in [0.717, 1.165) is 6.42 Å². The van der Waals surface area contributed by atoms with Crippen molar-refractivity contribution < 1.29 is 28.2 Å². The first kappa shape index (κ1) is 18.5. The van der Waals surface area contributed by atoms with Gasteiger partial charge in [0, 0.05) is 12.5 Å². The molecular weight excluding hydrogens is 334 g/mol. The van der Waals surface area contributed by atoms with Gasteiger partial charge in [-0.15, -0.1) is 0 Å². The minimum Gasteiger partial charge on any atom is -0.493 e. The molecule has 1 unspecified atom stereocenters. The molecule has 0 aromatic heterocycles. The Labute approximate surface area is 141 Å². The van der Waals surface area contributed by atoms with Gasteiger partial charge in [0.2, 0.25) is 0 Å². The molecule has 2 rings (SSSR count). The third-order valence-corrected chi connectivity index (χ3v) is 5.87. The quantitative estimate of drug-likeness (QED) is 0.683. The smallest absolute Gasteiger partial charge is 0.404 e. The minimum atomic E-state index is -2.95. The summed E-state index contributed by atoms with van der Waals surface area (Å²) in [5, 5.41) is 20.8. The number of ether oxygens (including phenoxy) is 1. The molecule has 1 fully saturated rings. The third kappa shape index (κ3) is 6.01. The van der Waals surface area contributed by atoms with Crippen LogP contribution in [-0.2, 0) is 9.84 Å². The van der Waals surface area contributed by atoms with Crippen molar-refractivity contribution in [3.8, 4) is 5.75 Å². The molecule has 1 aliphatic heterocycles. The molecule has 1 amide bonds. The molecule has 24 heavy (non-hydrogen) atoms. The number of sulfone groups is 1. The fourth-order valence-corrected chi connectivity index (χ4v) is 4.51. The fraction of sp³-hybridized carbons (Fsp3) is 0.562. The molecule has 1 saturated heterocycles. The van der Waals surface area contributed by atoms with Crippen LogP contribution in [0.3, 0.4) is 0 Å². The Morgan fingerprint density at radius 1 is 1.42 bits per heavy atom. The Hall–Kier alpha value is -1.80. The number of amides is 1. The van der Waals surface area contributed by atoms with E-state index < -0.39 is 22.0 Å². The molecule has 7 nitrogen and oxygen atoms in total. The van der Waals surface area contributed by atoms with Gasteiger partial charge in [-0.3, -0.25) is 0 Å². The monoisotopic (exact) mass is 357 g/mol. The Morgan fingerprint density at radius 2 is 2.21 bits per heavy atom. The zero-order valence-corrected chi connectivity index (χ0v) is 14.2. The Kier molecular flexibility index (Phi) is 6.44. The van der Waals surface area contributed by atoms with Crippen LogP contribution in [0, 0.1) is 5.92 Å². The summed E-state index contributed by atoms with van der Waals surface area (Å²) in [5.41, 5.74) is 0.635. The molecule has 134 valence electrons. The zero-order valence-electron chi connectivity index (χ0n) is 13.3. The lowest BCUT2D eigenvalue weighted by Crippen LogP contribution is -2.29. The van der Waals surface area contributed by atoms with Gasteiger partial charge in [-0.2, -0.15) is 0 Å². The number of rotatable bonds is 7. The first-order valence-electron chi connectivity index (χ1n) is 7.94. The lowest BCUT2D eigenvalue weighted by molar-refractivity contribution is 0.161. The van der Waals surface area contributed by atoms with Crippen LogP contribution in [-0.4, -0.2) is 49.4 Å². The molecule has 0 saturated carbocycles. The molecule has 1 heterocycles. The fourth-order valence-electron chi connectivity index (χ4n) is 2.76. The highest BCUT2D eigenvalue weighted by atomic mass is 32.2. The van der Waals surface area contributed by atoms with Crippen molar-refractivity contribution in [1.29, 1.82) is 0 Å². The molecule has 1 aliphatic rings. The van der Waals surface area contributed by atoms with Crippen molar-refractivity contribution >= 4 is 15.9 Å². The zero-order chi connectivity index (χ0) is 17.6. The molecule has 0 spiro atoms. The lowest BCUT2D eigenvalue weighted by Gasteiger charge is -2.22. The second-order valence-corrected chi connectivity index (χ2v) is 8.27. The van der Waals surface area contributed by atoms with Gasteiger partial charge in [0.1, 0.15) is 5.75 Å². The van der Waals surface area contributed by atoms with E-state index in [9.17, 15) is 18.3 Å². The summed E-state index contributed by atoms with van der Waals surface area (Å²) in [6.45, 7) is 0.487. The van der Waals surface area contributed by atoms with E-state index in [1.165, 1.54) is 0 Å². The van der Waals surface area contributed by atoms with Gasteiger partial charge in [-0.05, 0) is 37.0 Å². The van der Waals surface area contributed by atoms with Crippen molar-refractivity contribution in [3.05, 3.63) is 29.8 Å². The summed E-state index contributed by atoms with van der Waals surface area (Å²) in [5.74, 6) is 0.990. The molecule has 2 atom stereocenters. The summed E-state index contributed by atoms with van der Waals surface area (Å²) in [4.78, 5) is 10.4. The predicted molar refractivity (Wildman–Crippen MR) is 88.9 cm³/mol. The van der Waals surface area contributed by atoms with Gasteiger partial charge in [-0.25, -0.2) is 13.2 Å². The van der Waals surface area contributed by atoms with Crippen molar-refractivity contribution in [3.63, 3.8) is 0 Å². The molecule has 0 radical (unpaired) electrons. The van der Waals surface area contributed by atoms with E-state index >= 15 is 0 Å². The Balaban J connectivity index is 1.87. The van der Waals surface area contributed by atoms with Gasteiger partial charge >= 0.3 is 6.09 Å². The normalized spacial score (nSPS) is 21.0. The van der Waals surface area contributed by atoms with E-state index in [0.29, 0.717) is 24.3 Å². The second-order valence-electron chi connectivity index (χ2n) is 6.04. The average molecular weight is 357 g/mol. The number of hydrogen-bond donors (Lipinski definition) is 3. The van der Waals surface area contributed by atoms with Crippen LogP contribution in [0.5, 0.6) is 5.75 Å². The van der Waals surface area contributed by atoms with Crippen LogP contribution >= 0.6 is 0 Å². The third-order valence-electron chi connectivity index (χ3n) is 3.98. The summed E-state index contributed by atoms with van der Waals surface area (Å²) < 4.78 is 28.9. The molecule has 3 N–H and O–H groups in total. The van der Waals surface area contributed by atoms with Crippen LogP contribution in [0.2, 0.25) is 0 Å². The van der Waals surface area contributed by atoms with Crippen molar-refractivity contribution in [2.24, 2.45) is 5.92 Å². The summed E-state index contributed by atoms with van der Waals surface area (Å²) in [6, 6.07) is 6.94. The molecule has 0 bridgehead atoms. The SMILES string of the molecule is O=C(O)NCC[C@@H](O)c1cccc(OCC2CCCS(=O)(=O)C2)c1. The van der Waals surface area contributed by atoms with Crippen LogP contribution in [0.25, 0.3) is 0 Å². The molecule has 1 aromatic rings. The van der Waals surface area contributed by atoms with E-state index in [1.54, 1.807) is 24.3 Å². The lowest BCUT2D eigenvalue weighted by atomic mass is 10.1. The molecule has 8 heteroatoms. The van der Waals surface area contributed by atoms with Gasteiger partial charge < -0.3 is 20.3 Å². The largest absolute Gasteiger partial charge is 0.493 e. The topological polar surface area (TPSA) is 113 Å². The average Bonchev–Trinajstić information content (AvgIpc) is 2.52. The van der Waals surface area contributed by atoms with Crippen molar-refractivity contribution in [1.82, 2.24) is 5.32 Å². The van der Waals surface area contributed by atoms with Gasteiger partial charge in [-0.1, -0.05) is 12.1 Å². The summed E-state index contributed by atoms with van der Waals surface area (Å²) in [7, 11) is -2.95. The van der Waals surface area contributed by atoms with E-state index in [1.807, 2.05) is 0 Å². The van der Waals surface area contributed by atoms with E-state index in [2.05, 4.69) is 5.32 Å². The Morgan fingerprint density at radius 3 is 2.92 bits per heavy atom. The summed E-state index contributed by atoms with van der Waals surface area (Å²) >= 11 is 0. The number of carbonyl (C=O) groups is 1. The van der Waals surface area contributed by atoms with Crippen LogP contribution in [0.4, 0.5) is 4.79 Å². The number of hydrogen-bond acceptors (Lipinski definition) is 5. The number of nitrogens with one attached hydrogen (secondary N) is 1. The van der Waals surface area contributed by atoms with Crippen molar-refractivity contribution in [2.45, 2.75) is 25.4 Å². The van der Waals surface area contributed by atoms with E-state index in [-0.39, 0.29) is 30.4 Å². The van der Waals surface area contributed by atoms with Gasteiger partial charge in [0.05, 0.1) is 24.2 Å². The Bertz CT molecular complexity index is 660. The number of carboxylic acid groups (broad SMARTS) is 1. The van der Waals surface area contributed by atoms with E-state index in [4.69, 9.17) is 9.84 Å². The number of benzene rings is 1. The molecular formula is C16H23NO6S. The van der Waals surface area contributed by atoms with Crippen LogP contribution in [0.1, 0.15) is 30.9 Å². The minimum absolute atomic E-state index is 0.00269. The van der Waals surface area contributed by atoms with Crippen LogP contribution < -0.4 is 10.1 Å². The first-order chi connectivity index (χ1) is 11.4. The second kappa shape index (κ2) is 8.34. The highest BCUT2D eigenvalue weighted by molar-refractivity contribution is 7.91. The molecule has 1 aromatic carbocycles. The maximum Gasteiger partial charge on any atom is 0.404 e. The maximum atomic E-state index is 11.6. The molecule has 0 aliphatic carbocycles. The number of aliphatic hydroxyl groups is 1. The maximum absolute atomic E-state index is 11.6.